The quantitative estimate of drug-likeness (QED) is 0.334. The van der Waals surface area contributed by atoms with Crippen molar-refractivity contribution in [1.29, 1.82) is 0 Å². The highest BCUT2D eigenvalue weighted by atomic mass is 19.1. The summed E-state index contributed by atoms with van der Waals surface area (Å²) in [5.41, 5.74) is 4.82. The summed E-state index contributed by atoms with van der Waals surface area (Å²) in [5.74, 6) is -2.83. The molecule has 2 rings (SSSR count). The van der Waals surface area contributed by atoms with E-state index in [4.69, 9.17) is 10.9 Å². The lowest BCUT2D eigenvalue weighted by Gasteiger charge is -2.16. The molecule has 0 spiro atoms. The predicted octanol–water partition coefficient (Wildman–Crippen LogP) is 2.43. The number of benzene rings is 1. The lowest BCUT2D eigenvalue weighted by molar-refractivity contribution is 0.315. The van der Waals surface area contributed by atoms with Gasteiger partial charge in [-0.2, -0.15) is 0 Å². The Balaban J connectivity index is 2.04. The van der Waals surface area contributed by atoms with Crippen LogP contribution >= 0.6 is 0 Å². The zero-order chi connectivity index (χ0) is 14.0. The molecule has 0 aliphatic heterocycles. The van der Waals surface area contributed by atoms with Gasteiger partial charge in [0.15, 0.2) is 11.6 Å². The van der Waals surface area contributed by atoms with Crippen LogP contribution in [0.3, 0.4) is 0 Å². The van der Waals surface area contributed by atoms with E-state index in [1.807, 2.05) is 0 Å². The molecule has 0 heterocycles. The number of halogens is 3. The molecule has 19 heavy (non-hydrogen) atoms. The van der Waals surface area contributed by atoms with Crippen molar-refractivity contribution in [2.24, 2.45) is 16.3 Å². The van der Waals surface area contributed by atoms with E-state index in [9.17, 15) is 13.2 Å². The van der Waals surface area contributed by atoms with Gasteiger partial charge in [-0.25, -0.2) is 13.2 Å². The number of hydrogen-bond donors (Lipinski definition) is 3. The van der Waals surface area contributed by atoms with Crippen molar-refractivity contribution in [3.63, 3.8) is 0 Å². The first-order valence-electron chi connectivity index (χ1n) is 5.81. The second kappa shape index (κ2) is 4.99. The number of amidine groups is 1. The molecule has 0 amide bonds. The number of nitrogens with two attached hydrogens (primary N) is 1. The number of oxime groups is 1. The van der Waals surface area contributed by atoms with Gasteiger partial charge in [-0.05, 0) is 18.3 Å². The Morgan fingerprint density at radius 1 is 1.32 bits per heavy atom. The number of rotatable bonds is 5. The van der Waals surface area contributed by atoms with Gasteiger partial charge in [0, 0.05) is 25.1 Å². The summed E-state index contributed by atoms with van der Waals surface area (Å²) < 4.78 is 39.6. The van der Waals surface area contributed by atoms with Crippen LogP contribution in [0.1, 0.15) is 19.3 Å². The molecule has 0 atom stereocenters. The van der Waals surface area contributed by atoms with Gasteiger partial charge in [0.2, 0.25) is 0 Å². The molecule has 1 aromatic rings. The fraction of sp³-hybridized carbons (Fsp3) is 0.417. The van der Waals surface area contributed by atoms with E-state index >= 15 is 0 Å². The molecule has 0 unspecified atom stereocenters. The molecule has 104 valence electrons. The summed E-state index contributed by atoms with van der Waals surface area (Å²) in [5, 5.41) is 14.0. The smallest absolute Gasteiger partial charge is 0.152 e. The molecule has 0 radical (unpaired) electrons. The summed E-state index contributed by atoms with van der Waals surface area (Å²) in [6, 6.07) is 1.24. The van der Waals surface area contributed by atoms with Gasteiger partial charge < -0.3 is 16.3 Å². The molecule has 4 N–H and O–H groups in total. The highest BCUT2D eigenvalue weighted by Gasteiger charge is 2.43. The summed E-state index contributed by atoms with van der Waals surface area (Å²) in [6.45, 7) is 0.280. The molecule has 0 saturated heterocycles. The second-order valence-corrected chi connectivity index (χ2v) is 4.87. The molecule has 1 aliphatic rings. The Kier molecular flexibility index (Phi) is 3.55. The SMILES string of the molecule is NC(CC1(CNc2c(F)cc(F)cc2F)CC1)=NO. The standard InChI is InChI=1S/C12H14F3N3O/c13-7-3-8(14)11(9(15)4-7)17-6-12(1-2-12)5-10(16)18-19/h3-4,17,19H,1-2,5-6H2,(H2,16,18). The zero-order valence-corrected chi connectivity index (χ0v) is 10.1. The average Bonchev–Trinajstić information content (AvgIpc) is 3.07. The first-order valence-corrected chi connectivity index (χ1v) is 5.81. The van der Waals surface area contributed by atoms with Crippen molar-refractivity contribution < 1.29 is 18.4 Å². The van der Waals surface area contributed by atoms with Crippen LogP contribution in [0.4, 0.5) is 18.9 Å². The van der Waals surface area contributed by atoms with Gasteiger partial charge in [0.1, 0.15) is 17.3 Å². The maximum Gasteiger partial charge on any atom is 0.152 e. The Morgan fingerprint density at radius 3 is 2.37 bits per heavy atom. The molecular weight excluding hydrogens is 259 g/mol. The minimum Gasteiger partial charge on any atom is -0.409 e. The molecule has 1 aliphatic carbocycles. The summed E-state index contributed by atoms with van der Waals surface area (Å²) in [6.07, 6.45) is 1.99. The largest absolute Gasteiger partial charge is 0.409 e. The normalized spacial score (nSPS) is 17.3. The Morgan fingerprint density at radius 2 is 1.89 bits per heavy atom. The first-order chi connectivity index (χ1) is 8.96. The minimum atomic E-state index is -0.975. The van der Waals surface area contributed by atoms with Crippen molar-refractivity contribution in [2.45, 2.75) is 19.3 Å². The van der Waals surface area contributed by atoms with Crippen molar-refractivity contribution >= 4 is 11.5 Å². The maximum absolute atomic E-state index is 13.4. The van der Waals surface area contributed by atoms with Crippen molar-refractivity contribution in [3.05, 3.63) is 29.6 Å². The summed E-state index contributed by atoms with van der Waals surface area (Å²) in [7, 11) is 0. The van der Waals surface area contributed by atoms with E-state index in [2.05, 4.69) is 10.5 Å². The fourth-order valence-electron chi connectivity index (χ4n) is 2.00. The van der Waals surface area contributed by atoms with Crippen LogP contribution < -0.4 is 11.1 Å². The summed E-state index contributed by atoms with van der Waals surface area (Å²) >= 11 is 0. The van der Waals surface area contributed by atoms with Crippen LogP contribution in [0.15, 0.2) is 17.3 Å². The van der Waals surface area contributed by atoms with Crippen LogP contribution in [0.25, 0.3) is 0 Å². The lowest BCUT2D eigenvalue weighted by Crippen LogP contribution is -2.24. The van der Waals surface area contributed by atoms with Crippen LogP contribution in [-0.4, -0.2) is 17.6 Å². The van der Waals surface area contributed by atoms with Crippen molar-refractivity contribution in [1.82, 2.24) is 0 Å². The highest BCUT2D eigenvalue weighted by molar-refractivity contribution is 5.80. The fourth-order valence-corrected chi connectivity index (χ4v) is 2.00. The van der Waals surface area contributed by atoms with Crippen LogP contribution in [0.5, 0.6) is 0 Å². The van der Waals surface area contributed by atoms with E-state index in [-0.39, 0.29) is 23.5 Å². The van der Waals surface area contributed by atoms with Crippen LogP contribution in [0, 0.1) is 22.9 Å². The molecule has 4 nitrogen and oxygen atoms in total. The van der Waals surface area contributed by atoms with Crippen LogP contribution in [0.2, 0.25) is 0 Å². The molecule has 0 bridgehead atoms. The zero-order valence-electron chi connectivity index (χ0n) is 10.1. The lowest BCUT2D eigenvalue weighted by atomic mass is 10.0. The Hall–Kier alpha value is -1.92. The molecular formula is C12H14F3N3O. The van der Waals surface area contributed by atoms with Gasteiger partial charge in [-0.3, -0.25) is 0 Å². The molecule has 1 aromatic carbocycles. The van der Waals surface area contributed by atoms with Crippen molar-refractivity contribution in [2.75, 3.05) is 11.9 Å². The Bertz CT molecular complexity index is 492. The van der Waals surface area contributed by atoms with Crippen LogP contribution in [-0.2, 0) is 0 Å². The molecule has 1 saturated carbocycles. The Labute approximate surface area is 108 Å². The number of nitrogens with one attached hydrogen (secondary N) is 1. The molecule has 0 aromatic heterocycles. The molecule has 7 heteroatoms. The number of hydrogen-bond acceptors (Lipinski definition) is 3. The van der Waals surface area contributed by atoms with E-state index in [0.29, 0.717) is 18.6 Å². The van der Waals surface area contributed by atoms with Gasteiger partial charge in [0.25, 0.3) is 0 Å². The number of nitrogens with zero attached hydrogens (tertiary/aromatic N) is 1. The first kappa shape index (κ1) is 13.5. The number of anilines is 1. The third-order valence-corrected chi connectivity index (χ3v) is 3.29. The van der Waals surface area contributed by atoms with Gasteiger partial charge in [-0.15, -0.1) is 0 Å². The van der Waals surface area contributed by atoms with Gasteiger partial charge in [0.05, 0.1) is 0 Å². The second-order valence-electron chi connectivity index (χ2n) is 4.87. The monoisotopic (exact) mass is 273 g/mol. The van der Waals surface area contributed by atoms with E-state index in [1.165, 1.54) is 0 Å². The average molecular weight is 273 g/mol. The van der Waals surface area contributed by atoms with Gasteiger partial charge >= 0.3 is 0 Å². The molecule has 1 fully saturated rings. The minimum absolute atomic E-state index is 0.0827. The third-order valence-electron chi connectivity index (χ3n) is 3.29. The predicted molar refractivity (Wildman–Crippen MR) is 64.5 cm³/mol. The summed E-state index contributed by atoms with van der Waals surface area (Å²) in [4.78, 5) is 0. The van der Waals surface area contributed by atoms with E-state index < -0.39 is 17.5 Å². The topological polar surface area (TPSA) is 70.6 Å². The third kappa shape index (κ3) is 3.10. The van der Waals surface area contributed by atoms with Crippen molar-refractivity contribution in [3.8, 4) is 0 Å². The van der Waals surface area contributed by atoms with E-state index in [0.717, 1.165) is 12.8 Å². The maximum atomic E-state index is 13.4. The van der Waals surface area contributed by atoms with Gasteiger partial charge in [-0.1, -0.05) is 5.16 Å². The van der Waals surface area contributed by atoms with E-state index in [1.54, 1.807) is 0 Å². The highest BCUT2D eigenvalue weighted by Crippen LogP contribution is 2.48.